The van der Waals surface area contributed by atoms with E-state index in [1.54, 1.807) is 0 Å². The molecule has 88 valence electrons. The Morgan fingerprint density at radius 2 is 2.06 bits per heavy atom. The first-order valence-corrected chi connectivity index (χ1v) is 6.22. The molecule has 2 aromatic rings. The Balaban J connectivity index is 1.72. The second kappa shape index (κ2) is 4.51. The van der Waals surface area contributed by atoms with Crippen molar-refractivity contribution in [2.45, 2.75) is 25.4 Å². The van der Waals surface area contributed by atoms with Crippen LogP contribution in [0.1, 0.15) is 18.4 Å². The molecule has 1 heterocycles. The van der Waals surface area contributed by atoms with Crippen molar-refractivity contribution in [3.8, 4) is 5.69 Å². The lowest BCUT2D eigenvalue weighted by Crippen LogP contribution is -2.14. The Kier molecular flexibility index (Phi) is 2.87. The number of rotatable bonds is 4. The van der Waals surface area contributed by atoms with Crippen molar-refractivity contribution in [3.05, 3.63) is 47.2 Å². The van der Waals surface area contributed by atoms with Crippen LogP contribution in [0.3, 0.4) is 0 Å². The molecule has 3 nitrogen and oxygen atoms in total. The smallest absolute Gasteiger partial charge is 0.0646 e. The highest BCUT2D eigenvalue weighted by molar-refractivity contribution is 6.30. The van der Waals surface area contributed by atoms with E-state index in [0.717, 1.165) is 23.3 Å². The van der Waals surface area contributed by atoms with Gasteiger partial charge in [-0.2, -0.15) is 5.10 Å². The van der Waals surface area contributed by atoms with Crippen LogP contribution in [0.4, 0.5) is 0 Å². The van der Waals surface area contributed by atoms with Gasteiger partial charge >= 0.3 is 0 Å². The third-order valence-electron chi connectivity index (χ3n) is 2.90. The summed E-state index contributed by atoms with van der Waals surface area (Å²) in [5, 5.41) is 8.57. The molecule has 0 radical (unpaired) electrons. The standard InChI is InChI=1S/C13H14ClN3/c14-11-1-5-13(6-2-11)17-9-10(8-16-17)7-15-12-3-4-12/h1-2,5-6,8-9,12,15H,3-4,7H2. The molecule has 0 bridgehead atoms. The highest BCUT2D eigenvalue weighted by atomic mass is 35.5. The fourth-order valence-corrected chi connectivity index (χ4v) is 1.86. The summed E-state index contributed by atoms with van der Waals surface area (Å²) < 4.78 is 1.88. The highest BCUT2D eigenvalue weighted by Crippen LogP contribution is 2.19. The second-order valence-electron chi connectivity index (χ2n) is 4.42. The van der Waals surface area contributed by atoms with E-state index in [2.05, 4.69) is 16.6 Å². The van der Waals surface area contributed by atoms with Crippen LogP contribution < -0.4 is 5.32 Å². The third-order valence-corrected chi connectivity index (χ3v) is 3.15. The predicted molar refractivity (Wildman–Crippen MR) is 68.4 cm³/mol. The van der Waals surface area contributed by atoms with Crippen LogP contribution in [0.25, 0.3) is 5.69 Å². The normalized spacial score (nSPS) is 15.1. The number of halogens is 1. The van der Waals surface area contributed by atoms with Crippen molar-refractivity contribution in [3.63, 3.8) is 0 Å². The fourth-order valence-electron chi connectivity index (χ4n) is 1.74. The van der Waals surface area contributed by atoms with Crippen LogP contribution in [0.5, 0.6) is 0 Å². The number of aromatic nitrogens is 2. The Hall–Kier alpha value is -1.32. The Bertz CT molecular complexity index is 500. The van der Waals surface area contributed by atoms with Crippen molar-refractivity contribution in [1.82, 2.24) is 15.1 Å². The van der Waals surface area contributed by atoms with E-state index in [-0.39, 0.29) is 0 Å². The maximum absolute atomic E-state index is 5.86. The average Bonchev–Trinajstić information content (AvgIpc) is 3.06. The molecule has 1 N–H and O–H groups in total. The monoisotopic (exact) mass is 247 g/mol. The molecule has 0 aliphatic heterocycles. The van der Waals surface area contributed by atoms with Gasteiger partial charge in [0.1, 0.15) is 0 Å². The molecule has 1 saturated carbocycles. The van der Waals surface area contributed by atoms with Gasteiger partial charge in [-0.1, -0.05) is 11.6 Å². The zero-order valence-electron chi connectivity index (χ0n) is 9.44. The highest BCUT2D eigenvalue weighted by Gasteiger charge is 2.20. The van der Waals surface area contributed by atoms with Crippen LogP contribution >= 0.6 is 11.6 Å². The van der Waals surface area contributed by atoms with Gasteiger partial charge < -0.3 is 5.32 Å². The number of nitrogens with zero attached hydrogens (tertiary/aromatic N) is 2. The van der Waals surface area contributed by atoms with Gasteiger partial charge in [0.15, 0.2) is 0 Å². The van der Waals surface area contributed by atoms with Gasteiger partial charge in [-0.05, 0) is 37.1 Å². The summed E-state index contributed by atoms with van der Waals surface area (Å²) in [6.45, 7) is 0.901. The summed E-state index contributed by atoms with van der Waals surface area (Å²) >= 11 is 5.86. The lowest BCUT2D eigenvalue weighted by Gasteiger charge is -2.01. The summed E-state index contributed by atoms with van der Waals surface area (Å²) in [6.07, 6.45) is 6.58. The van der Waals surface area contributed by atoms with E-state index in [1.165, 1.54) is 18.4 Å². The van der Waals surface area contributed by atoms with Crippen LogP contribution in [0, 0.1) is 0 Å². The molecule has 0 atom stereocenters. The predicted octanol–water partition coefficient (Wildman–Crippen LogP) is 2.78. The van der Waals surface area contributed by atoms with E-state index in [0.29, 0.717) is 0 Å². The number of benzene rings is 1. The average molecular weight is 248 g/mol. The summed E-state index contributed by atoms with van der Waals surface area (Å²) in [6, 6.07) is 8.41. The maximum atomic E-state index is 5.86. The van der Waals surface area contributed by atoms with Crippen molar-refractivity contribution in [2.24, 2.45) is 0 Å². The van der Waals surface area contributed by atoms with Crippen molar-refractivity contribution in [2.75, 3.05) is 0 Å². The van der Waals surface area contributed by atoms with Gasteiger partial charge in [0.25, 0.3) is 0 Å². The Labute approximate surface area is 105 Å². The molecule has 1 aromatic heterocycles. The number of nitrogens with one attached hydrogen (secondary N) is 1. The fraction of sp³-hybridized carbons (Fsp3) is 0.308. The first-order chi connectivity index (χ1) is 8.31. The SMILES string of the molecule is Clc1ccc(-n2cc(CNC3CC3)cn2)cc1. The van der Waals surface area contributed by atoms with Gasteiger partial charge in [-0.3, -0.25) is 0 Å². The van der Waals surface area contributed by atoms with Gasteiger partial charge in [-0.15, -0.1) is 0 Å². The van der Waals surface area contributed by atoms with Crippen LogP contribution in [0.15, 0.2) is 36.7 Å². The van der Waals surface area contributed by atoms with E-state index in [4.69, 9.17) is 11.6 Å². The Morgan fingerprint density at radius 3 is 2.76 bits per heavy atom. The van der Waals surface area contributed by atoms with Crippen LogP contribution in [0.2, 0.25) is 5.02 Å². The van der Waals surface area contributed by atoms with Crippen LogP contribution in [-0.4, -0.2) is 15.8 Å². The zero-order valence-corrected chi connectivity index (χ0v) is 10.2. The van der Waals surface area contributed by atoms with Crippen molar-refractivity contribution >= 4 is 11.6 Å². The Morgan fingerprint density at radius 1 is 1.29 bits per heavy atom. The van der Waals surface area contributed by atoms with Gasteiger partial charge in [0.05, 0.1) is 11.9 Å². The number of hydrogen-bond donors (Lipinski definition) is 1. The quantitative estimate of drug-likeness (QED) is 0.901. The molecule has 0 amide bonds. The summed E-state index contributed by atoms with van der Waals surface area (Å²) in [4.78, 5) is 0. The van der Waals surface area contributed by atoms with Gasteiger partial charge in [0.2, 0.25) is 0 Å². The molecule has 1 aliphatic rings. The van der Waals surface area contributed by atoms with Gasteiger partial charge in [0, 0.05) is 29.4 Å². The first kappa shape index (κ1) is 10.8. The topological polar surface area (TPSA) is 29.9 Å². The molecule has 0 saturated heterocycles. The molecule has 1 aliphatic carbocycles. The molecule has 3 rings (SSSR count). The van der Waals surface area contributed by atoms with E-state index < -0.39 is 0 Å². The lowest BCUT2D eigenvalue weighted by atomic mass is 10.3. The van der Waals surface area contributed by atoms with Crippen molar-refractivity contribution in [1.29, 1.82) is 0 Å². The largest absolute Gasteiger partial charge is 0.310 e. The van der Waals surface area contributed by atoms with Crippen molar-refractivity contribution < 1.29 is 0 Å². The third kappa shape index (κ3) is 2.68. The summed E-state index contributed by atoms with van der Waals surface area (Å²) in [5.41, 5.74) is 2.25. The molecule has 17 heavy (non-hydrogen) atoms. The van der Waals surface area contributed by atoms with E-state index in [9.17, 15) is 0 Å². The first-order valence-electron chi connectivity index (χ1n) is 5.84. The zero-order chi connectivity index (χ0) is 11.7. The summed E-state index contributed by atoms with van der Waals surface area (Å²) in [5.74, 6) is 0. The molecule has 1 aromatic carbocycles. The van der Waals surface area contributed by atoms with Crippen LogP contribution in [-0.2, 0) is 6.54 Å². The minimum absolute atomic E-state index is 0.730. The number of hydrogen-bond acceptors (Lipinski definition) is 2. The summed E-state index contributed by atoms with van der Waals surface area (Å²) in [7, 11) is 0. The van der Waals surface area contributed by atoms with Gasteiger partial charge in [-0.25, -0.2) is 4.68 Å². The van der Waals surface area contributed by atoms with E-state index in [1.807, 2.05) is 35.1 Å². The lowest BCUT2D eigenvalue weighted by molar-refractivity contribution is 0.687. The molecule has 1 fully saturated rings. The molecular weight excluding hydrogens is 234 g/mol. The molecular formula is C13H14ClN3. The minimum atomic E-state index is 0.730. The molecule has 4 heteroatoms. The second-order valence-corrected chi connectivity index (χ2v) is 4.86. The molecule has 0 unspecified atom stereocenters. The minimum Gasteiger partial charge on any atom is -0.310 e. The maximum Gasteiger partial charge on any atom is 0.0646 e. The van der Waals surface area contributed by atoms with E-state index >= 15 is 0 Å². The molecule has 0 spiro atoms.